The number of rotatable bonds is 0. The lowest BCUT2D eigenvalue weighted by Gasteiger charge is -1.70. The third kappa shape index (κ3) is 8.65. The van der Waals surface area contributed by atoms with Gasteiger partial charge in [-0.05, 0) is 19.2 Å². The van der Waals surface area contributed by atoms with Crippen LogP contribution >= 0.6 is 11.3 Å². The molecule has 0 unspecified atom stereocenters. The molecule has 4 heteroatoms. The molecule has 0 aliphatic rings. The number of nitrogens with two attached hydrogens (primary N) is 1. The summed E-state index contributed by atoms with van der Waals surface area (Å²) in [5.41, 5.74) is 6.29. The van der Waals surface area contributed by atoms with E-state index in [9.17, 15) is 0 Å². The maximum absolute atomic E-state index is 4.50. The number of hydrogen-bond donors (Lipinski definition) is 1. The summed E-state index contributed by atoms with van der Waals surface area (Å²) >= 11 is 1.60. The van der Waals surface area contributed by atoms with Gasteiger partial charge in [-0.3, -0.25) is 9.97 Å². The van der Waals surface area contributed by atoms with E-state index in [0.717, 1.165) is 0 Å². The predicted molar refractivity (Wildman–Crippen MR) is 56.5 cm³/mol. The lowest BCUT2D eigenvalue weighted by atomic mass is 10.5. The molecule has 2 aromatic heterocycles. The van der Waals surface area contributed by atoms with Gasteiger partial charge in [0, 0.05) is 24.0 Å². The summed E-state index contributed by atoms with van der Waals surface area (Å²) in [5.74, 6) is 0. The van der Waals surface area contributed by atoms with E-state index in [1.54, 1.807) is 35.4 Å². The SMILES string of the molecule is CN.c1ccncc1.c1cscn1. The van der Waals surface area contributed by atoms with Gasteiger partial charge >= 0.3 is 0 Å². The van der Waals surface area contributed by atoms with E-state index in [1.165, 1.54) is 7.05 Å². The Balaban J connectivity index is 0.000000189. The van der Waals surface area contributed by atoms with Crippen LogP contribution in [0.4, 0.5) is 0 Å². The first-order chi connectivity index (χ1) is 6.50. The highest BCUT2D eigenvalue weighted by Crippen LogP contribution is 1.85. The van der Waals surface area contributed by atoms with Crippen LogP contribution in [0.25, 0.3) is 0 Å². The molecule has 0 saturated heterocycles. The first-order valence-electron chi connectivity index (χ1n) is 3.75. The normalized spacial score (nSPS) is 7.23. The Morgan fingerprint density at radius 2 is 1.62 bits per heavy atom. The molecule has 0 aromatic carbocycles. The van der Waals surface area contributed by atoms with E-state index in [2.05, 4.69) is 15.7 Å². The van der Waals surface area contributed by atoms with Crippen LogP contribution in [-0.2, 0) is 0 Å². The summed E-state index contributed by atoms with van der Waals surface area (Å²) in [7, 11) is 1.50. The van der Waals surface area contributed by atoms with Crippen molar-refractivity contribution in [2.75, 3.05) is 7.05 Å². The van der Waals surface area contributed by atoms with E-state index in [4.69, 9.17) is 0 Å². The quantitative estimate of drug-likeness (QED) is 0.697. The van der Waals surface area contributed by atoms with Crippen LogP contribution in [0.2, 0.25) is 0 Å². The second kappa shape index (κ2) is 10.7. The van der Waals surface area contributed by atoms with Gasteiger partial charge in [0.15, 0.2) is 0 Å². The fourth-order valence-electron chi connectivity index (χ4n) is 0.488. The smallest absolute Gasteiger partial charge is 0.0791 e. The number of nitrogens with zero attached hydrogens (tertiary/aromatic N) is 2. The summed E-state index contributed by atoms with van der Waals surface area (Å²) in [6.45, 7) is 0. The number of thiazole rings is 1. The second-order valence-corrected chi connectivity index (χ2v) is 2.46. The third-order valence-electron chi connectivity index (χ3n) is 0.914. The van der Waals surface area contributed by atoms with Gasteiger partial charge in [-0.1, -0.05) is 6.07 Å². The minimum absolute atomic E-state index is 1.50. The van der Waals surface area contributed by atoms with Gasteiger partial charge in [-0.2, -0.15) is 0 Å². The Hall–Kier alpha value is -1.26. The zero-order chi connectivity index (χ0) is 9.78. The second-order valence-electron chi connectivity index (χ2n) is 1.70. The van der Waals surface area contributed by atoms with Crippen molar-refractivity contribution < 1.29 is 0 Å². The maximum Gasteiger partial charge on any atom is 0.0791 e. The molecule has 2 rings (SSSR count). The van der Waals surface area contributed by atoms with Crippen molar-refractivity contribution >= 4 is 11.3 Å². The minimum Gasteiger partial charge on any atom is -0.333 e. The summed E-state index contributed by atoms with van der Waals surface area (Å²) in [6, 6.07) is 5.72. The van der Waals surface area contributed by atoms with Crippen molar-refractivity contribution in [2.24, 2.45) is 5.73 Å². The van der Waals surface area contributed by atoms with Crippen LogP contribution in [0.5, 0.6) is 0 Å². The van der Waals surface area contributed by atoms with Gasteiger partial charge in [-0.15, -0.1) is 11.3 Å². The van der Waals surface area contributed by atoms with Crippen LogP contribution in [-0.4, -0.2) is 17.0 Å². The molecule has 0 aliphatic heterocycles. The zero-order valence-electron chi connectivity index (χ0n) is 7.50. The molecule has 2 heterocycles. The van der Waals surface area contributed by atoms with Gasteiger partial charge in [-0.25, -0.2) is 0 Å². The average Bonchev–Trinajstić information content (AvgIpc) is 2.82. The Kier molecular flexibility index (Phi) is 9.70. The molecule has 2 N–H and O–H groups in total. The van der Waals surface area contributed by atoms with Gasteiger partial charge in [0.25, 0.3) is 0 Å². The number of pyridine rings is 1. The zero-order valence-corrected chi connectivity index (χ0v) is 8.32. The molecule has 70 valence electrons. The van der Waals surface area contributed by atoms with E-state index < -0.39 is 0 Å². The Morgan fingerprint density at radius 3 is 1.77 bits per heavy atom. The lowest BCUT2D eigenvalue weighted by Crippen LogP contribution is -1.69. The average molecular weight is 195 g/mol. The molecule has 0 aliphatic carbocycles. The van der Waals surface area contributed by atoms with Gasteiger partial charge in [0.1, 0.15) is 0 Å². The van der Waals surface area contributed by atoms with Crippen molar-refractivity contribution in [3.63, 3.8) is 0 Å². The predicted octanol–water partition coefficient (Wildman–Crippen LogP) is 1.80. The topological polar surface area (TPSA) is 51.8 Å². The molecule has 0 fully saturated rings. The van der Waals surface area contributed by atoms with Crippen LogP contribution in [0, 0.1) is 0 Å². The highest BCUT2D eigenvalue weighted by molar-refractivity contribution is 7.07. The van der Waals surface area contributed by atoms with Gasteiger partial charge < -0.3 is 5.73 Å². The Morgan fingerprint density at radius 1 is 0.923 bits per heavy atom. The van der Waals surface area contributed by atoms with Crippen LogP contribution in [0.15, 0.2) is 47.7 Å². The minimum atomic E-state index is 1.50. The van der Waals surface area contributed by atoms with Crippen molar-refractivity contribution in [3.05, 3.63) is 47.7 Å². The van der Waals surface area contributed by atoms with E-state index >= 15 is 0 Å². The molecule has 0 atom stereocenters. The molecular formula is C9H13N3S. The van der Waals surface area contributed by atoms with Crippen LogP contribution in [0.1, 0.15) is 0 Å². The van der Waals surface area contributed by atoms with E-state index in [-0.39, 0.29) is 0 Å². The van der Waals surface area contributed by atoms with Gasteiger partial charge in [0.05, 0.1) is 5.51 Å². The van der Waals surface area contributed by atoms with Gasteiger partial charge in [0.2, 0.25) is 0 Å². The van der Waals surface area contributed by atoms with E-state index in [1.807, 2.05) is 23.6 Å². The summed E-state index contributed by atoms with van der Waals surface area (Å²) in [5, 5.41) is 1.93. The molecule has 2 aromatic rings. The third-order valence-corrected chi connectivity index (χ3v) is 1.44. The molecule has 13 heavy (non-hydrogen) atoms. The number of aromatic nitrogens is 2. The molecule has 3 nitrogen and oxygen atoms in total. The molecular weight excluding hydrogens is 182 g/mol. The Bertz CT molecular complexity index is 201. The largest absolute Gasteiger partial charge is 0.333 e. The van der Waals surface area contributed by atoms with E-state index in [0.29, 0.717) is 0 Å². The summed E-state index contributed by atoms with van der Waals surface area (Å²) in [6.07, 6.45) is 5.27. The summed E-state index contributed by atoms with van der Waals surface area (Å²) in [4.78, 5) is 7.53. The standard InChI is InChI=1S/C5H5N.C3H3NS.CH5N/c1-2-4-6-5-3-1;1-2-5-3-4-1;1-2/h1-5H;1-3H;2H2,1H3. The molecule has 0 radical (unpaired) electrons. The lowest BCUT2D eigenvalue weighted by molar-refractivity contribution is 1.33. The monoisotopic (exact) mass is 195 g/mol. The molecule has 0 bridgehead atoms. The first kappa shape index (κ1) is 11.7. The number of hydrogen-bond acceptors (Lipinski definition) is 4. The highest BCUT2D eigenvalue weighted by atomic mass is 32.1. The first-order valence-corrected chi connectivity index (χ1v) is 4.69. The molecule has 0 spiro atoms. The summed E-state index contributed by atoms with van der Waals surface area (Å²) < 4.78 is 0. The fourth-order valence-corrected chi connectivity index (χ4v) is 0.840. The van der Waals surface area contributed by atoms with Crippen molar-refractivity contribution in [1.82, 2.24) is 9.97 Å². The van der Waals surface area contributed by atoms with Crippen molar-refractivity contribution in [3.8, 4) is 0 Å². The Labute approximate surface area is 82.3 Å². The molecule has 0 saturated carbocycles. The van der Waals surface area contributed by atoms with Crippen LogP contribution < -0.4 is 5.73 Å². The van der Waals surface area contributed by atoms with Crippen LogP contribution in [0.3, 0.4) is 0 Å². The molecule has 0 amide bonds. The fraction of sp³-hybridized carbons (Fsp3) is 0.111. The van der Waals surface area contributed by atoms with Crippen molar-refractivity contribution in [1.29, 1.82) is 0 Å². The highest BCUT2D eigenvalue weighted by Gasteiger charge is 1.59. The van der Waals surface area contributed by atoms with Crippen molar-refractivity contribution in [2.45, 2.75) is 0 Å². The maximum atomic E-state index is 4.50.